The minimum Gasteiger partial charge on any atom is -0.456 e. The molecule has 0 spiro atoms. The van der Waals surface area contributed by atoms with E-state index in [2.05, 4.69) is 34.4 Å². The molecule has 6 heteroatoms. The summed E-state index contributed by atoms with van der Waals surface area (Å²) in [5, 5.41) is 8.96. The molecule has 0 amide bonds. The van der Waals surface area contributed by atoms with Crippen molar-refractivity contribution in [3.63, 3.8) is 0 Å². The lowest BCUT2D eigenvalue weighted by molar-refractivity contribution is 0.425. The van der Waals surface area contributed by atoms with E-state index in [1.807, 2.05) is 40.9 Å². The van der Waals surface area contributed by atoms with Crippen molar-refractivity contribution in [1.82, 2.24) is 19.5 Å². The minimum atomic E-state index is 0.781. The average molecular weight is 321 g/mol. The van der Waals surface area contributed by atoms with E-state index in [9.17, 15) is 0 Å². The van der Waals surface area contributed by atoms with Gasteiger partial charge in [-0.05, 0) is 32.3 Å². The van der Waals surface area contributed by atoms with E-state index in [1.54, 1.807) is 12.4 Å². The van der Waals surface area contributed by atoms with Crippen LogP contribution in [-0.2, 0) is 0 Å². The zero-order chi connectivity index (χ0) is 16.5. The van der Waals surface area contributed by atoms with Crippen LogP contribution in [0.2, 0.25) is 0 Å². The van der Waals surface area contributed by atoms with Gasteiger partial charge in [-0.15, -0.1) is 0 Å². The summed E-state index contributed by atoms with van der Waals surface area (Å²) in [4.78, 5) is 6.61. The van der Waals surface area contributed by atoms with E-state index in [1.165, 1.54) is 0 Å². The second-order valence-electron chi connectivity index (χ2n) is 6.00. The molecule has 0 saturated carbocycles. The summed E-state index contributed by atoms with van der Waals surface area (Å²) in [6.07, 6.45) is 3.60. The molecule has 0 unspecified atom stereocenters. The standard InChI is InChI=1S/C18H19N5O/c1-22(2)10-9-19-17-7-8-20-18-14(12-21-23(17)18)16-11-13-5-3-4-6-15(13)24-16/h3-8,11-12,19H,9-10H2,1-2H3. The molecule has 0 atom stereocenters. The number of nitrogens with one attached hydrogen (secondary N) is 1. The Balaban J connectivity index is 1.72. The molecule has 0 radical (unpaired) electrons. The first-order valence-electron chi connectivity index (χ1n) is 7.93. The minimum absolute atomic E-state index is 0.781. The van der Waals surface area contributed by atoms with Gasteiger partial charge < -0.3 is 14.6 Å². The predicted octanol–water partition coefficient (Wildman–Crippen LogP) is 3.12. The Hall–Kier alpha value is -2.86. The normalized spacial score (nSPS) is 11.6. The highest BCUT2D eigenvalue weighted by Gasteiger charge is 2.14. The van der Waals surface area contributed by atoms with Gasteiger partial charge >= 0.3 is 0 Å². The maximum Gasteiger partial charge on any atom is 0.168 e. The lowest BCUT2D eigenvalue weighted by Gasteiger charge is -2.11. The van der Waals surface area contributed by atoms with E-state index in [4.69, 9.17) is 4.42 Å². The third-order valence-electron chi connectivity index (χ3n) is 3.96. The Bertz CT molecular complexity index is 952. The van der Waals surface area contributed by atoms with Crippen molar-refractivity contribution in [2.45, 2.75) is 0 Å². The fourth-order valence-corrected chi connectivity index (χ4v) is 2.72. The first kappa shape index (κ1) is 14.7. The summed E-state index contributed by atoms with van der Waals surface area (Å²) in [6, 6.07) is 11.9. The van der Waals surface area contributed by atoms with Crippen molar-refractivity contribution >= 4 is 22.4 Å². The van der Waals surface area contributed by atoms with E-state index < -0.39 is 0 Å². The maximum absolute atomic E-state index is 5.95. The lowest BCUT2D eigenvalue weighted by atomic mass is 10.2. The molecule has 1 N–H and O–H groups in total. The van der Waals surface area contributed by atoms with Gasteiger partial charge in [0.2, 0.25) is 0 Å². The van der Waals surface area contributed by atoms with Crippen LogP contribution < -0.4 is 5.32 Å². The van der Waals surface area contributed by atoms with Gasteiger partial charge in [0.25, 0.3) is 0 Å². The molecule has 1 aromatic carbocycles. The first-order chi connectivity index (χ1) is 11.7. The second kappa shape index (κ2) is 5.98. The summed E-state index contributed by atoms with van der Waals surface area (Å²) in [6.45, 7) is 1.79. The van der Waals surface area contributed by atoms with Crippen LogP contribution >= 0.6 is 0 Å². The van der Waals surface area contributed by atoms with Gasteiger partial charge in [0.1, 0.15) is 17.2 Å². The molecule has 3 aromatic heterocycles. The molecule has 0 bridgehead atoms. The van der Waals surface area contributed by atoms with Gasteiger partial charge in [0, 0.05) is 24.7 Å². The largest absolute Gasteiger partial charge is 0.456 e. The fourth-order valence-electron chi connectivity index (χ4n) is 2.72. The van der Waals surface area contributed by atoms with Gasteiger partial charge in [0.05, 0.1) is 11.8 Å². The zero-order valence-electron chi connectivity index (χ0n) is 13.7. The van der Waals surface area contributed by atoms with Gasteiger partial charge in [-0.25, -0.2) is 4.98 Å². The highest BCUT2D eigenvalue weighted by molar-refractivity contribution is 5.86. The van der Waals surface area contributed by atoms with Crippen LogP contribution in [0.25, 0.3) is 27.9 Å². The van der Waals surface area contributed by atoms with E-state index in [-0.39, 0.29) is 0 Å². The number of nitrogens with zero attached hydrogens (tertiary/aromatic N) is 4. The lowest BCUT2D eigenvalue weighted by Crippen LogP contribution is -2.21. The molecular weight excluding hydrogens is 302 g/mol. The van der Waals surface area contributed by atoms with Crippen molar-refractivity contribution in [1.29, 1.82) is 0 Å². The van der Waals surface area contributed by atoms with Gasteiger partial charge in [-0.3, -0.25) is 0 Å². The molecule has 122 valence electrons. The van der Waals surface area contributed by atoms with Crippen molar-refractivity contribution in [2.24, 2.45) is 0 Å². The van der Waals surface area contributed by atoms with Crippen molar-refractivity contribution < 1.29 is 4.42 Å². The third-order valence-corrected chi connectivity index (χ3v) is 3.96. The summed E-state index contributed by atoms with van der Waals surface area (Å²) in [7, 11) is 4.11. The monoisotopic (exact) mass is 321 g/mol. The predicted molar refractivity (Wildman–Crippen MR) is 95.2 cm³/mol. The molecule has 4 aromatic rings. The Labute approximate surface area is 139 Å². The van der Waals surface area contributed by atoms with Crippen molar-refractivity contribution in [2.75, 3.05) is 32.5 Å². The summed E-state index contributed by atoms with van der Waals surface area (Å²) in [5.74, 6) is 1.70. The molecule has 3 heterocycles. The van der Waals surface area contributed by atoms with Crippen LogP contribution in [0.5, 0.6) is 0 Å². The zero-order valence-corrected chi connectivity index (χ0v) is 13.7. The van der Waals surface area contributed by atoms with Gasteiger partial charge in [-0.2, -0.15) is 9.61 Å². The van der Waals surface area contributed by atoms with Crippen LogP contribution in [-0.4, -0.2) is 46.7 Å². The number of anilines is 1. The second-order valence-corrected chi connectivity index (χ2v) is 6.00. The Kier molecular flexibility index (Phi) is 3.66. The van der Waals surface area contributed by atoms with Crippen LogP contribution in [0.4, 0.5) is 5.82 Å². The summed E-state index contributed by atoms with van der Waals surface area (Å²) in [5.41, 5.74) is 2.54. The quantitative estimate of drug-likeness (QED) is 0.612. The molecule has 0 aliphatic rings. The van der Waals surface area contributed by atoms with Crippen LogP contribution in [0, 0.1) is 0 Å². The van der Waals surface area contributed by atoms with E-state index >= 15 is 0 Å². The molecule has 24 heavy (non-hydrogen) atoms. The fraction of sp³-hybridized carbons (Fsp3) is 0.222. The molecule has 0 aliphatic carbocycles. The van der Waals surface area contributed by atoms with Crippen LogP contribution in [0.15, 0.2) is 53.2 Å². The summed E-state index contributed by atoms with van der Waals surface area (Å²) >= 11 is 0. The number of para-hydroxylation sites is 1. The highest BCUT2D eigenvalue weighted by atomic mass is 16.3. The molecule has 0 fully saturated rings. The topological polar surface area (TPSA) is 58.6 Å². The molecule has 0 saturated heterocycles. The van der Waals surface area contributed by atoms with E-state index in [0.717, 1.165) is 46.8 Å². The number of furan rings is 1. The Morgan fingerprint density at radius 1 is 1.21 bits per heavy atom. The molecule has 4 rings (SSSR count). The maximum atomic E-state index is 5.95. The van der Waals surface area contributed by atoms with E-state index in [0.29, 0.717) is 0 Å². The average Bonchev–Trinajstić information content (AvgIpc) is 3.18. The van der Waals surface area contributed by atoms with Gasteiger partial charge in [0.15, 0.2) is 5.65 Å². The van der Waals surface area contributed by atoms with Gasteiger partial charge in [-0.1, -0.05) is 18.2 Å². The third kappa shape index (κ3) is 2.61. The highest BCUT2D eigenvalue weighted by Crippen LogP contribution is 2.30. The number of fused-ring (bicyclic) bond motifs is 2. The van der Waals surface area contributed by atoms with Crippen LogP contribution in [0.1, 0.15) is 0 Å². The smallest absolute Gasteiger partial charge is 0.168 e. The number of rotatable bonds is 5. The Morgan fingerprint density at radius 2 is 2.08 bits per heavy atom. The SMILES string of the molecule is CN(C)CCNc1ccnc2c(-c3cc4ccccc4o3)cnn12. The molecular formula is C18H19N5O. The number of hydrogen-bond acceptors (Lipinski definition) is 5. The van der Waals surface area contributed by atoms with Crippen molar-refractivity contribution in [3.8, 4) is 11.3 Å². The molecule has 6 nitrogen and oxygen atoms in total. The number of aromatic nitrogens is 3. The van der Waals surface area contributed by atoms with Crippen molar-refractivity contribution in [3.05, 3.63) is 48.8 Å². The summed E-state index contributed by atoms with van der Waals surface area (Å²) < 4.78 is 7.77. The number of benzene rings is 1. The molecule has 0 aliphatic heterocycles. The Morgan fingerprint density at radius 3 is 2.92 bits per heavy atom. The first-order valence-corrected chi connectivity index (χ1v) is 7.93. The number of likely N-dealkylation sites (N-methyl/N-ethyl adjacent to an activating group) is 1. The van der Waals surface area contributed by atoms with Crippen LogP contribution in [0.3, 0.4) is 0 Å². The number of hydrogen-bond donors (Lipinski definition) is 1.